The molecule has 0 amide bonds. The Morgan fingerprint density at radius 2 is 2.05 bits per heavy atom. The Bertz CT molecular complexity index is 406. The van der Waals surface area contributed by atoms with E-state index in [0.717, 1.165) is 19.5 Å². The van der Waals surface area contributed by atoms with Gasteiger partial charge in [-0.05, 0) is 12.3 Å². The zero-order valence-electron chi connectivity index (χ0n) is 11.9. The van der Waals surface area contributed by atoms with E-state index in [9.17, 15) is 0 Å². The molecule has 1 N–H and O–H groups in total. The van der Waals surface area contributed by atoms with Gasteiger partial charge in [0.25, 0.3) is 0 Å². The van der Waals surface area contributed by atoms with Crippen molar-refractivity contribution in [3.8, 4) is 6.01 Å². The van der Waals surface area contributed by atoms with Crippen LogP contribution in [0.5, 0.6) is 6.01 Å². The number of aromatic nitrogens is 3. The molecule has 7 nitrogen and oxygen atoms in total. The summed E-state index contributed by atoms with van der Waals surface area (Å²) in [6, 6.07) is 0.321. The summed E-state index contributed by atoms with van der Waals surface area (Å²) >= 11 is 0. The van der Waals surface area contributed by atoms with Crippen LogP contribution in [0.2, 0.25) is 0 Å². The van der Waals surface area contributed by atoms with E-state index in [1.165, 1.54) is 0 Å². The number of nitrogens with zero attached hydrogens (tertiary/aromatic N) is 4. The van der Waals surface area contributed by atoms with Gasteiger partial charge in [-0.15, -0.1) is 0 Å². The molecule has 1 aliphatic rings. The van der Waals surface area contributed by atoms with Gasteiger partial charge in [0.1, 0.15) is 0 Å². The fraction of sp³-hybridized carbons (Fsp3) is 0.750. The molecular formula is C12H21N5O2. The predicted molar refractivity (Wildman–Crippen MR) is 72.7 cm³/mol. The third-order valence-corrected chi connectivity index (χ3v) is 3.48. The third kappa shape index (κ3) is 3.04. The van der Waals surface area contributed by atoms with Gasteiger partial charge in [-0.3, -0.25) is 0 Å². The monoisotopic (exact) mass is 267 g/mol. The van der Waals surface area contributed by atoms with Crippen LogP contribution >= 0.6 is 0 Å². The highest BCUT2D eigenvalue weighted by atomic mass is 16.5. The summed E-state index contributed by atoms with van der Waals surface area (Å²) in [6.45, 7) is 3.91. The predicted octanol–water partition coefficient (Wildman–Crippen LogP) is 0.783. The Morgan fingerprint density at radius 3 is 2.68 bits per heavy atom. The van der Waals surface area contributed by atoms with Gasteiger partial charge < -0.3 is 19.7 Å². The molecule has 0 aromatic carbocycles. The molecule has 1 saturated heterocycles. The normalized spacial score (nSPS) is 23.3. The van der Waals surface area contributed by atoms with Crippen molar-refractivity contribution >= 4 is 11.9 Å². The fourth-order valence-corrected chi connectivity index (χ4v) is 2.21. The second kappa shape index (κ2) is 6.01. The van der Waals surface area contributed by atoms with E-state index in [4.69, 9.17) is 9.47 Å². The van der Waals surface area contributed by atoms with Crippen LogP contribution in [0.4, 0.5) is 11.9 Å². The summed E-state index contributed by atoms with van der Waals surface area (Å²) in [7, 11) is 5.07. The SMILES string of the molecule is CNc1nc(OC)nc(N2CCC(C)C(OC)C2)n1. The molecule has 0 spiro atoms. The third-order valence-electron chi connectivity index (χ3n) is 3.48. The van der Waals surface area contributed by atoms with Gasteiger partial charge in [-0.2, -0.15) is 15.0 Å². The van der Waals surface area contributed by atoms with Crippen LogP contribution < -0.4 is 15.0 Å². The smallest absolute Gasteiger partial charge is 0.322 e. The largest absolute Gasteiger partial charge is 0.467 e. The van der Waals surface area contributed by atoms with E-state index >= 15 is 0 Å². The van der Waals surface area contributed by atoms with Crippen molar-refractivity contribution in [2.45, 2.75) is 19.4 Å². The summed E-state index contributed by atoms with van der Waals surface area (Å²) < 4.78 is 10.6. The number of methoxy groups -OCH3 is 2. The Morgan fingerprint density at radius 1 is 1.26 bits per heavy atom. The summed E-state index contributed by atoms with van der Waals surface area (Å²) in [6.07, 6.45) is 1.26. The molecule has 2 unspecified atom stereocenters. The highest BCUT2D eigenvalue weighted by molar-refractivity contribution is 5.38. The number of hydrogen-bond donors (Lipinski definition) is 1. The van der Waals surface area contributed by atoms with Crippen LogP contribution in [0.1, 0.15) is 13.3 Å². The molecule has 0 saturated carbocycles. The Labute approximate surface area is 113 Å². The second-order valence-electron chi connectivity index (χ2n) is 4.68. The lowest BCUT2D eigenvalue weighted by Crippen LogP contribution is -2.44. The highest BCUT2D eigenvalue weighted by Crippen LogP contribution is 2.23. The van der Waals surface area contributed by atoms with Gasteiger partial charge in [0.05, 0.1) is 13.2 Å². The summed E-state index contributed by atoms with van der Waals surface area (Å²) in [4.78, 5) is 14.9. The van der Waals surface area contributed by atoms with Gasteiger partial charge in [-0.25, -0.2) is 0 Å². The second-order valence-corrected chi connectivity index (χ2v) is 4.68. The molecule has 19 heavy (non-hydrogen) atoms. The Balaban J connectivity index is 2.21. The van der Waals surface area contributed by atoms with Crippen molar-refractivity contribution in [2.75, 3.05) is 44.6 Å². The summed E-state index contributed by atoms with van der Waals surface area (Å²) in [5.74, 6) is 1.69. The maximum Gasteiger partial charge on any atom is 0.322 e. The maximum absolute atomic E-state index is 5.51. The number of piperidine rings is 1. The van der Waals surface area contributed by atoms with Crippen molar-refractivity contribution in [2.24, 2.45) is 5.92 Å². The van der Waals surface area contributed by atoms with Crippen LogP contribution in [0, 0.1) is 5.92 Å². The van der Waals surface area contributed by atoms with Crippen LogP contribution in [-0.4, -0.2) is 55.4 Å². The van der Waals surface area contributed by atoms with Crippen LogP contribution in [0.15, 0.2) is 0 Å². The van der Waals surface area contributed by atoms with Crippen molar-refractivity contribution < 1.29 is 9.47 Å². The van der Waals surface area contributed by atoms with E-state index in [1.807, 2.05) is 0 Å². The molecule has 1 fully saturated rings. The van der Waals surface area contributed by atoms with E-state index in [0.29, 0.717) is 23.8 Å². The van der Waals surface area contributed by atoms with Gasteiger partial charge in [0.15, 0.2) is 0 Å². The first kappa shape index (κ1) is 13.8. The topological polar surface area (TPSA) is 72.4 Å². The zero-order valence-corrected chi connectivity index (χ0v) is 11.9. The molecule has 1 aliphatic heterocycles. The molecule has 0 aliphatic carbocycles. The van der Waals surface area contributed by atoms with Crippen molar-refractivity contribution in [1.29, 1.82) is 0 Å². The summed E-state index contributed by atoms with van der Waals surface area (Å²) in [5, 5.41) is 2.92. The molecule has 2 rings (SSSR count). The van der Waals surface area contributed by atoms with E-state index in [1.54, 1.807) is 21.3 Å². The van der Waals surface area contributed by atoms with Gasteiger partial charge >= 0.3 is 6.01 Å². The lowest BCUT2D eigenvalue weighted by Gasteiger charge is -2.36. The molecule has 0 bridgehead atoms. The number of rotatable bonds is 4. The van der Waals surface area contributed by atoms with Gasteiger partial charge in [0.2, 0.25) is 11.9 Å². The Hall–Kier alpha value is -1.63. The maximum atomic E-state index is 5.51. The quantitative estimate of drug-likeness (QED) is 0.864. The minimum absolute atomic E-state index is 0.203. The minimum atomic E-state index is 0.203. The van der Waals surface area contributed by atoms with E-state index in [2.05, 4.69) is 32.1 Å². The zero-order chi connectivity index (χ0) is 13.8. The average molecular weight is 267 g/mol. The number of hydrogen-bond acceptors (Lipinski definition) is 7. The molecule has 1 aromatic heterocycles. The Kier molecular flexibility index (Phi) is 4.36. The summed E-state index contributed by atoms with van der Waals surface area (Å²) in [5.41, 5.74) is 0. The molecule has 106 valence electrons. The van der Waals surface area contributed by atoms with Crippen molar-refractivity contribution in [1.82, 2.24) is 15.0 Å². The molecule has 0 radical (unpaired) electrons. The van der Waals surface area contributed by atoms with Crippen LogP contribution in [0.25, 0.3) is 0 Å². The lowest BCUT2D eigenvalue weighted by molar-refractivity contribution is 0.0494. The minimum Gasteiger partial charge on any atom is -0.467 e. The lowest BCUT2D eigenvalue weighted by atomic mass is 9.96. The van der Waals surface area contributed by atoms with Crippen molar-refractivity contribution in [3.63, 3.8) is 0 Å². The number of anilines is 2. The molecular weight excluding hydrogens is 246 g/mol. The molecule has 2 atom stereocenters. The van der Waals surface area contributed by atoms with Crippen LogP contribution in [-0.2, 0) is 4.74 Å². The van der Waals surface area contributed by atoms with Crippen LogP contribution in [0.3, 0.4) is 0 Å². The van der Waals surface area contributed by atoms with E-state index < -0.39 is 0 Å². The average Bonchev–Trinajstić information content (AvgIpc) is 2.47. The first-order valence-corrected chi connectivity index (χ1v) is 6.43. The first-order chi connectivity index (χ1) is 9.17. The molecule has 1 aromatic rings. The van der Waals surface area contributed by atoms with Gasteiger partial charge in [0, 0.05) is 27.2 Å². The molecule has 2 heterocycles. The number of ether oxygens (including phenoxy) is 2. The van der Waals surface area contributed by atoms with Gasteiger partial charge in [-0.1, -0.05) is 6.92 Å². The molecule has 7 heteroatoms. The standard InChI is InChI=1S/C12H21N5O2/c1-8-5-6-17(7-9(8)18-3)11-14-10(13-2)15-12(16-11)19-4/h8-9H,5-7H2,1-4H3,(H,13,14,15,16). The van der Waals surface area contributed by atoms with Crippen molar-refractivity contribution in [3.05, 3.63) is 0 Å². The number of nitrogens with one attached hydrogen (secondary N) is 1. The first-order valence-electron chi connectivity index (χ1n) is 6.43. The fourth-order valence-electron chi connectivity index (χ4n) is 2.21. The van der Waals surface area contributed by atoms with E-state index in [-0.39, 0.29) is 6.10 Å². The highest BCUT2D eigenvalue weighted by Gasteiger charge is 2.28.